The number of hydrogen-bond acceptors (Lipinski definition) is 1. The summed E-state index contributed by atoms with van der Waals surface area (Å²) in [6.45, 7) is 0. The number of halogens is 2. The van der Waals surface area contributed by atoms with Gasteiger partial charge in [-0.1, -0.05) is 35.3 Å². The van der Waals surface area contributed by atoms with E-state index < -0.39 is 0 Å². The van der Waals surface area contributed by atoms with Gasteiger partial charge in [0.25, 0.3) is 0 Å². The Bertz CT molecular complexity index is 295. The van der Waals surface area contributed by atoms with E-state index in [1.165, 1.54) is 5.54 Å². The molecule has 0 spiro atoms. The van der Waals surface area contributed by atoms with Crippen LogP contribution in [0.25, 0.3) is 0 Å². The Labute approximate surface area is 81.2 Å². The lowest BCUT2D eigenvalue weighted by molar-refractivity contribution is 0.475. The minimum absolute atomic E-state index is 0.107. The van der Waals surface area contributed by atoms with Crippen molar-refractivity contribution in [3.05, 3.63) is 40.4 Å². The average molecular weight is 203 g/mol. The number of benzene rings is 1. The van der Waals surface area contributed by atoms with Crippen LogP contribution in [0.1, 0.15) is 5.56 Å². The van der Waals surface area contributed by atoms with E-state index in [1.54, 1.807) is 18.2 Å². The van der Waals surface area contributed by atoms with E-state index in [9.17, 15) is 0 Å². The van der Waals surface area contributed by atoms with Gasteiger partial charge in [0.2, 0.25) is 0 Å². The molecule has 1 aromatic rings. The molecule has 1 N–H and O–H groups in total. The zero-order valence-corrected chi connectivity index (χ0v) is 7.81. The average Bonchev–Trinajstić information content (AvgIpc) is 2.07. The molecule has 0 amide bonds. The van der Waals surface area contributed by atoms with E-state index >= 15 is 0 Å². The monoisotopic (exact) mass is 202 g/mol. The van der Waals surface area contributed by atoms with Crippen molar-refractivity contribution in [1.29, 1.82) is 0 Å². The third kappa shape index (κ3) is 2.43. The Balaban J connectivity index is 2.82. The van der Waals surface area contributed by atoms with E-state index in [1.807, 2.05) is 6.08 Å². The molecule has 0 bridgehead atoms. The van der Waals surface area contributed by atoms with Gasteiger partial charge in [0, 0.05) is 5.54 Å². The first-order valence-corrected chi connectivity index (χ1v) is 4.28. The molecule has 0 saturated carbocycles. The second kappa shape index (κ2) is 4.39. The lowest BCUT2D eigenvalue weighted by Gasteiger charge is -1.99. The molecule has 0 fully saturated rings. The van der Waals surface area contributed by atoms with Crippen LogP contribution in [0.5, 0.6) is 5.75 Å². The van der Waals surface area contributed by atoms with Gasteiger partial charge in [-0.2, -0.15) is 0 Å². The summed E-state index contributed by atoms with van der Waals surface area (Å²) in [5, 5.41) is 9.46. The van der Waals surface area contributed by atoms with Crippen LogP contribution in [0, 0.1) is 0 Å². The Morgan fingerprint density at radius 3 is 2.75 bits per heavy atom. The van der Waals surface area contributed by atoms with Crippen molar-refractivity contribution in [3.8, 4) is 5.75 Å². The fourth-order valence-corrected chi connectivity index (χ4v) is 1.15. The molecule has 0 aliphatic carbocycles. The third-order valence-corrected chi connectivity index (χ3v) is 1.94. The summed E-state index contributed by atoms with van der Waals surface area (Å²) in [5.74, 6) is 0.107. The normalized spacial score (nSPS) is 10.8. The van der Waals surface area contributed by atoms with Gasteiger partial charge in [0.05, 0.1) is 5.02 Å². The molecule has 3 heteroatoms. The smallest absolute Gasteiger partial charge is 0.134 e. The maximum absolute atomic E-state index is 9.09. The Morgan fingerprint density at radius 2 is 2.17 bits per heavy atom. The Kier molecular flexibility index (Phi) is 3.45. The molecule has 0 saturated heterocycles. The first-order valence-electron chi connectivity index (χ1n) is 3.46. The molecule has 0 aromatic heterocycles. The van der Waals surface area contributed by atoms with Gasteiger partial charge < -0.3 is 5.11 Å². The van der Waals surface area contributed by atoms with Gasteiger partial charge >= 0.3 is 0 Å². The maximum Gasteiger partial charge on any atom is 0.134 e. The van der Waals surface area contributed by atoms with Crippen molar-refractivity contribution < 1.29 is 5.11 Å². The fraction of sp³-hybridized carbons (Fsp3) is 0.111. The second-order valence-electron chi connectivity index (χ2n) is 2.35. The SMILES string of the molecule is Oc1ccc(CC=CCl)cc1Cl. The van der Waals surface area contributed by atoms with Crippen LogP contribution in [0.2, 0.25) is 5.02 Å². The summed E-state index contributed by atoms with van der Waals surface area (Å²) in [6.07, 6.45) is 2.54. The molecule has 0 unspecified atom stereocenters. The number of hydrogen-bond donors (Lipinski definition) is 1. The summed E-state index contributed by atoms with van der Waals surface area (Å²) < 4.78 is 0. The molecule has 12 heavy (non-hydrogen) atoms. The molecule has 0 aliphatic rings. The molecule has 1 rings (SSSR count). The minimum Gasteiger partial charge on any atom is -0.506 e. The van der Waals surface area contributed by atoms with Crippen LogP contribution >= 0.6 is 23.2 Å². The highest BCUT2D eigenvalue weighted by atomic mass is 35.5. The minimum atomic E-state index is 0.107. The summed E-state index contributed by atoms with van der Waals surface area (Å²) in [4.78, 5) is 0. The summed E-state index contributed by atoms with van der Waals surface area (Å²) >= 11 is 11.0. The van der Waals surface area contributed by atoms with E-state index in [2.05, 4.69) is 0 Å². The molecule has 0 atom stereocenters. The molecule has 0 heterocycles. The van der Waals surface area contributed by atoms with Crippen molar-refractivity contribution >= 4 is 23.2 Å². The molecule has 0 radical (unpaired) electrons. The number of aromatic hydroxyl groups is 1. The van der Waals surface area contributed by atoms with Crippen LogP contribution in [-0.4, -0.2) is 5.11 Å². The number of phenolic OH excluding ortho intramolecular Hbond substituents is 1. The Morgan fingerprint density at radius 1 is 1.42 bits per heavy atom. The predicted molar refractivity (Wildman–Crippen MR) is 51.8 cm³/mol. The highest BCUT2D eigenvalue weighted by Crippen LogP contribution is 2.23. The van der Waals surface area contributed by atoms with Crippen molar-refractivity contribution in [2.75, 3.05) is 0 Å². The highest BCUT2D eigenvalue weighted by Gasteiger charge is 1.97. The summed E-state index contributed by atoms with van der Waals surface area (Å²) in [5.41, 5.74) is 2.48. The molecule has 1 aromatic carbocycles. The standard InChI is InChI=1S/C9H8Cl2O/c10-5-1-2-7-3-4-9(12)8(11)6-7/h1,3-6,12H,2H2. The van der Waals surface area contributed by atoms with Crippen LogP contribution < -0.4 is 0 Å². The predicted octanol–water partition coefficient (Wildman–Crippen LogP) is 3.34. The van der Waals surface area contributed by atoms with Crippen molar-refractivity contribution in [3.63, 3.8) is 0 Å². The fourth-order valence-electron chi connectivity index (χ4n) is 0.858. The van der Waals surface area contributed by atoms with Crippen LogP contribution in [0.4, 0.5) is 0 Å². The van der Waals surface area contributed by atoms with Gasteiger partial charge in [0.15, 0.2) is 0 Å². The van der Waals surface area contributed by atoms with E-state index in [0.717, 1.165) is 12.0 Å². The highest BCUT2D eigenvalue weighted by molar-refractivity contribution is 6.32. The lowest BCUT2D eigenvalue weighted by Crippen LogP contribution is -1.79. The van der Waals surface area contributed by atoms with Gasteiger partial charge in [-0.25, -0.2) is 0 Å². The topological polar surface area (TPSA) is 20.2 Å². The first-order chi connectivity index (χ1) is 5.74. The van der Waals surface area contributed by atoms with Crippen molar-refractivity contribution in [1.82, 2.24) is 0 Å². The van der Waals surface area contributed by atoms with Gasteiger partial charge in [-0.05, 0) is 24.1 Å². The zero-order chi connectivity index (χ0) is 8.97. The summed E-state index contributed by atoms with van der Waals surface area (Å²) in [6, 6.07) is 5.09. The molecule has 64 valence electrons. The molecule has 1 nitrogen and oxygen atoms in total. The lowest BCUT2D eigenvalue weighted by atomic mass is 10.1. The quantitative estimate of drug-likeness (QED) is 0.781. The second-order valence-corrected chi connectivity index (χ2v) is 3.01. The summed E-state index contributed by atoms with van der Waals surface area (Å²) in [7, 11) is 0. The van der Waals surface area contributed by atoms with Crippen LogP contribution in [-0.2, 0) is 6.42 Å². The van der Waals surface area contributed by atoms with Crippen molar-refractivity contribution in [2.24, 2.45) is 0 Å². The van der Waals surface area contributed by atoms with Gasteiger partial charge in [-0.15, -0.1) is 0 Å². The van der Waals surface area contributed by atoms with E-state index in [4.69, 9.17) is 28.3 Å². The first kappa shape index (κ1) is 9.43. The number of allylic oxidation sites excluding steroid dienone is 1. The zero-order valence-electron chi connectivity index (χ0n) is 6.30. The number of rotatable bonds is 2. The van der Waals surface area contributed by atoms with Gasteiger partial charge in [0.1, 0.15) is 5.75 Å². The van der Waals surface area contributed by atoms with E-state index in [-0.39, 0.29) is 5.75 Å². The van der Waals surface area contributed by atoms with Gasteiger partial charge in [-0.3, -0.25) is 0 Å². The third-order valence-electron chi connectivity index (χ3n) is 1.45. The van der Waals surface area contributed by atoms with Crippen molar-refractivity contribution in [2.45, 2.75) is 6.42 Å². The maximum atomic E-state index is 9.09. The number of phenols is 1. The largest absolute Gasteiger partial charge is 0.506 e. The Hall–Kier alpha value is -0.660. The molecular formula is C9H8Cl2O. The van der Waals surface area contributed by atoms with E-state index in [0.29, 0.717) is 5.02 Å². The van der Waals surface area contributed by atoms with Crippen LogP contribution in [0.3, 0.4) is 0 Å². The molecule has 0 aliphatic heterocycles. The van der Waals surface area contributed by atoms with Crippen LogP contribution in [0.15, 0.2) is 29.8 Å². The molecular weight excluding hydrogens is 195 g/mol.